The molecule has 1 aromatic heterocycles. The Labute approximate surface area is 177 Å². The van der Waals surface area contributed by atoms with E-state index in [9.17, 15) is 9.59 Å². The molecule has 1 heterocycles. The number of anilines is 1. The lowest BCUT2D eigenvalue weighted by atomic mass is 10.1. The van der Waals surface area contributed by atoms with Crippen LogP contribution >= 0.6 is 15.9 Å². The first-order valence-corrected chi connectivity index (χ1v) is 10.0. The zero-order chi connectivity index (χ0) is 20.6. The quantitative estimate of drug-likeness (QED) is 0.481. The van der Waals surface area contributed by atoms with Crippen LogP contribution < -0.4 is 16.0 Å². The molecule has 3 rings (SSSR count). The van der Waals surface area contributed by atoms with Gasteiger partial charge in [0.25, 0.3) is 5.91 Å². The van der Waals surface area contributed by atoms with E-state index >= 15 is 0 Å². The van der Waals surface area contributed by atoms with Gasteiger partial charge in [0.05, 0.1) is 6.26 Å². The second-order valence-electron chi connectivity index (χ2n) is 6.69. The van der Waals surface area contributed by atoms with Crippen LogP contribution in [0.3, 0.4) is 0 Å². The fourth-order valence-corrected chi connectivity index (χ4v) is 3.05. The SMILES string of the molecule is CC(Cc1ccc(Br)cc1)NC(=O)NCc1ccc(NC(=O)c2ccco2)cc1. The molecule has 0 saturated heterocycles. The molecular formula is C22H22BrN3O3. The highest BCUT2D eigenvalue weighted by atomic mass is 79.9. The lowest BCUT2D eigenvalue weighted by molar-refractivity contribution is 0.0996. The summed E-state index contributed by atoms with van der Waals surface area (Å²) >= 11 is 3.42. The van der Waals surface area contributed by atoms with Crippen molar-refractivity contribution in [2.24, 2.45) is 0 Å². The van der Waals surface area contributed by atoms with Gasteiger partial charge in [0.15, 0.2) is 5.76 Å². The van der Waals surface area contributed by atoms with Gasteiger partial charge >= 0.3 is 6.03 Å². The molecule has 0 aliphatic rings. The molecule has 3 aromatic rings. The van der Waals surface area contributed by atoms with Gasteiger partial charge in [-0.1, -0.05) is 40.2 Å². The Hall–Kier alpha value is -3.06. The molecule has 0 spiro atoms. The van der Waals surface area contributed by atoms with Crippen molar-refractivity contribution in [3.63, 3.8) is 0 Å². The largest absolute Gasteiger partial charge is 0.459 e. The summed E-state index contributed by atoms with van der Waals surface area (Å²) in [6, 6.07) is 18.4. The van der Waals surface area contributed by atoms with Gasteiger partial charge in [-0.2, -0.15) is 0 Å². The van der Waals surface area contributed by atoms with Gasteiger partial charge in [0.2, 0.25) is 0 Å². The lowest BCUT2D eigenvalue weighted by Crippen LogP contribution is -2.41. The zero-order valence-corrected chi connectivity index (χ0v) is 17.5. The molecule has 0 aliphatic carbocycles. The minimum atomic E-state index is -0.306. The number of hydrogen-bond donors (Lipinski definition) is 3. The summed E-state index contributed by atoms with van der Waals surface area (Å²) in [6.07, 6.45) is 2.21. The van der Waals surface area contributed by atoms with Gasteiger partial charge in [-0.3, -0.25) is 4.79 Å². The predicted octanol–water partition coefficient (Wildman–Crippen LogP) is 4.72. The van der Waals surface area contributed by atoms with Crippen molar-refractivity contribution in [2.45, 2.75) is 25.9 Å². The molecule has 29 heavy (non-hydrogen) atoms. The number of benzene rings is 2. The topological polar surface area (TPSA) is 83.4 Å². The predicted molar refractivity (Wildman–Crippen MR) is 116 cm³/mol. The van der Waals surface area contributed by atoms with Crippen LogP contribution in [-0.2, 0) is 13.0 Å². The van der Waals surface area contributed by atoms with E-state index in [4.69, 9.17) is 4.42 Å². The minimum Gasteiger partial charge on any atom is -0.459 e. The second kappa shape index (κ2) is 9.93. The Morgan fingerprint density at radius 3 is 2.34 bits per heavy atom. The number of urea groups is 1. The molecule has 0 saturated carbocycles. The third-order valence-electron chi connectivity index (χ3n) is 4.24. The average Bonchev–Trinajstić information content (AvgIpc) is 3.24. The van der Waals surface area contributed by atoms with Gasteiger partial charge in [-0.05, 0) is 60.9 Å². The number of halogens is 1. The summed E-state index contributed by atoms with van der Waals surface area (Å²) in [6.45, 7) is 2.36. The molecule has 0 aliphatic heterocycles. The lowest BCUT2D eigenvalue weighted by Gasteiger charge is -2.15. The van der Waals surface area contributed by atoms with Crippen LogP contribution in [0.15, 0.2) is 75.8 Å². The highest BCUT2D eigenvalue weighted by molar-refractivity contribution is 9.10. The smallest absolute Gasteiger partial charge is 0.315 e. The highest BCUT2D eigenvalue weighted by Gasteiger charge is 2.10. The number of furan rings is 1. The van der Waals surface area contributed by atoms with Gasteiger partial charge in [0, 0.05) is 22.7 Å². The number of rotatable bonds is 7. The Balaban J connectivity index is 1.42. The van der Waals surface area contributed by atoms with Crippen LogP contribution in [0.2, 0.25) is 0 Å². The van der Waals surface area contributed by atoms with Crippen LogP contribution in [0.4, 0.5) is 10.5 Å². The molecular weight excluding hydrogens is 434 g/mol. The third kappa shape index (κ3) is 6.50. The van der Waals surface area contributed by atoms with E-state index < -0.39 is 0 Å². The van der Waals surface area contributed by atoms with Gasteiger partial charge in [-0.25, -0.2) is 4.79 Å². The fourth-order valence-electron chi connectivity index (χ4n) is 2.79. The number of carbonyl (C=O) groups excluding carboxylic acids is 2. The number of amides is 3. The fraction of sp³-hybridized carbons (Fsp3) is 0.182. The van der Waals surface area contributed by atoms with E-state index in [-0.39, 0.29) is 23.7 Å². The van der Waals surface area contributed by atoms with Crippen LogP contribution in [0.5, 0.6) is 0 Å². The molecule has 1 atom stereocenters. The Bertz CT molecular complexity index is 938. The van der Waals surface area contributed by atoms with E-state index in [1.165, 1.54) is 6.26 Å². The van der Waals surface area contributed by atoms with Crippen molar-refractivity contribution in [3.05, 3.63) is 88.3 Å². The second-order valence-corrected chi connectivity index (χ2v) is 7.60. The Kier molecular flexibility index (Phi) is 7.08. The maximum Gasteiger partial charge on any atom is 0.315 e. The summed E-state index contributed by atoms with van der Waals surface area (Å²) in [5.74, 6) is -0.0512. The van der Waals surface area contributed by atoms with Crippen molar-refractivity contribution >= 4 is 33.6 Å². The molecule has 1 unspecified atom stereocenters. The van der Waals surface area contributed by atoms with Crippen LogP contribution in [-0.4, -0.2) is 18.0 Å². The van der Waals surface area contributed by atoms with E-state index in [0.717, 1.165) is 22.0 Å². The number of nitrogens with one attached hydrogen (secondary N) is 3. The summed E-state index contributed by atoms with van der Waals surface area (Å²) in [5, 5.41) is 8.54. The average molecular weight is 456 g/mol. The molecule has 0 radical (unpaired) electrons. The molecule has 150 valence electrons. The van der Waals surface area contributed by atoms with Crippen molar-refractivity contribution in [3.8, 4) is 0 Å². The molecule has 0 fully saturated rings. The van der Waals surface area contributed by atoms with E-state index in [0.29, 0.717) is 12.2 Å². The van der Waals surface area contributed by atoms with Crippen LogP contribution in [0.25, 0.3) is 0 Å². The summed E-state index contributed by atoms with van der Waals surface area (Å²) in [4.78, 5) is 24.1. The standard InChI is InChI=1S/C22H22BrN3O3/c1-15(13-16-4-8-18(23)9-5-16)25-22(28)24-14-17-6-10-19(11-7-17)26-21(27)20-3-2-12-29-20/h2-12,15H,13-14H2,1H3,(H,26,27)(H2,24,25,28). The molecule has 7 heteroatoms. The van der Waals surface area contributed by atoms with Gasteiger partial charge < -0.3 is 20.4 Å². The van der Waals surface area contributed by atoms with Gasteiger partial charge in [-0.15, -0.1) is 0 Å². The monoisotopic (exact) mass is 455 g/mol. The first-order valence-electron chi connectivity index (χ1n) is 9.22. The third-order valence-corrected chi connectivity index (χ3v) is 4.77. The number of carbonyl (C=O) groups is 2. The van der Waals surface area contributed by atoms with Gasteiger partial charge in [0.1, 0.15) is 0 Å². The minimum absolute atomic E-state index is 0.00960. The Morgan fingerprint density at radius 1 is 1.00 bits per heavy atom. The van der Waals surface area contributed by atoms with Crippen LogP contribution in [0.1, 0.15) is 28.6 Å². The zero-order valence-electron chi connectivity index (χ0n) is 15.9. The van der Waals surface area contributed by atoms with Crippen molar-refractivity contribution in [1.29, 1.82) is 0 Å². The molecule has 0 bridgehead atoms. The highest BCUT2D eigenvalue weighted by Crippen LogP contribution is 2.13. The molecule has 2 aromatic carbocycles. The summed E-state index contributed by atoms with van der Waals surface area (Å²) < 4.78 is 6.10. The molecule has 6 nitrogen and oxygen atoms in total. The number of hydrogen-bond acceptors (Lipinski definition) is 3. The molecule has 3 amide bonds. The van der Waals surface area contributed by atoms with E-state index in [1.54, 1.807) is 24.3 Å². The van der Waals surface area contributed by atoms with Crippen molar-refractivity contribution in [1.82, 2.24) is 10.6 Å². The molecule has 3 N–H and O–H groups in total. The van der Waals surface area contributed by atoms with Crippen molar-refractivity contribution < 1.29 is 14.0 Å². The van der Waals surface area contributed by atoms with E-state index in [2.05, 4.69) is 31.9 Å². The maximum absolute atomic E-state index is 12.1. The summed E-state index contributed by atoms with van der Waals surface area (Å²) in [7, 11) is 0. The summed E-state index contributed by atoms with van der Waals surface area (Å²) in [5.41, 5.74) is 2.74. The van der Waals surface area contributed by atoms with Crippen LogP contribution in [0, 0.1) is 0 Å². The first kappa shape index (κ1) is 20.7. The van der Waals surface area contributed by atoms with E-state index in [1.807, 2.05) is 43.3 Å². The normalized spacial score (nSPS) is 11.5. The van der Waals surface area contributed by atoms with Crippen molar-refractivity contribution in [2.75, 3.05) is 5.32 Å². The Morgan fingerprint density at radius 2 is 1.69 bits per heavy atom. The first-order chi connectivity index (χ1) is 14.0. The maximum atomic E-state index is 12.1.